The highest BCUT2D eigenvalue weighted by molar-refractivity contribution is 6.03. The summed E-state index contributed by atoms with van der Waals surface area (Å²) in [5.74, 6) is -0.189. The summed E-state index contributed by atoms with van der Waals surface area (Å²) in [6.07, 6.45) is 7.11. The topological polar surface area (TPSA) is 75.1 Å². The van der Waals surface area contributed by atoms with E-state index in [2.05, 4.69) is 38.0 Å². The number of rotatable bonds is 4. The molecule has 0 atom stereocenters. The number of benzene rings is 1. The van der Waals surface area contributed by atoms with Crippen molar-refractivity contribution >= 4 is 17.3 Å². The highest BCUT2D eigenvalue weighted by atomic mass is 16.2. The van der Waals surface area contributed by atoms with Crippen molar-refractivity contribution < 1.29 is 4.79 Å². The van der Waals surface area contributed by atoms with Gasteiger partial charge in [0, 0.05) is 24.5 Å². The van der Waals surface area contributed by atoms with Crippen LogP contribution in [0.5, 0.6) is 0 Å². The lowest BCUT2D eigenvalue weighted by atomic mass is 10.1. The van der Waals surface area contributed by atoms with E-state index in [0.717, 1.165) is 50.4 Å². The zero-order valence-electron chi connectivity index (χ0n) is 16.7. The molecule has 3 heterocycles. The molecule has 0 aliphatic carbocycles. The number of nitrogens with one attached hydrogen (secondary N) is 2. The summed E-state index contributed by atoms with van der Waals surface area (Å²) in [5, 5.41) is 14.8. The van der Waals surface area contributed by atoms with Gasteiger partial charge in [-0.25, -0.2) is 4.68 Å². The minimum absolute atomic E-state index is 0.189. The van der Waals surface area contributed by atoms with Crippen LogP contribution in [0.2, 0.25) is 0 Å². The fourth-order valence-corrected chi connectivity index (χ4v) is 4.25. The molecule has 0 saturated carbocycles. The number of hydrogen-bond acceptors (Lipinski definition) is 5. The quantitative estimate of drug-likeness (QED) is 0.850. The largest absolute Gasteiger partial charge is 0.371 e. The van der Waals surface area contributed by atoms with Gasteiger partial charge in [0.05, 0.1) is 11.7 Å². The van der Waals surface area contributed by atoms with Crippen molar-refractivity contribution in [3.05, 3.63) is 35.7 Å². The Bertz CT molecular complexity index is 803. The Labute approximate surface area is 166 Å². The summed E-state index contributed by atoms with van der Waals surface area (Å²) in [4.78, 5) is 15.2. The van der Waals surface area contributed by atoms with Crippen LogP contribution in [0, 0.1) is 6.92 Å². The number of amides is 1. The molecule has 2 saturated heterocycles. The van der Waals surface area contributed by atoms with Gasteiger partial charge >= 0.3 is 0 Å². The Morgan fingerprint density at radius 2 is 1.89 bits per heavy atom. The monoisotopic (exact) mass is 382 g/mol. The molecule has 2 aliphatic heterocycles. The fraction of sp³-hybridized carbons (Fsp3) is 0.571. The third kappa shape index (κ3) is 4.19. The molecule has 4 rings (SSSR count). The first kappa shape index (κ1) is 18.9. The minimum atomic E-state index is -0.189. The van der Waals surface area contributed by atoms with Gasteiger partial charge in [0.1, 0.15) is 0 Å². The number of anilines is 2. The van der Waals surface area contributed by atoms with Crippen LogP contribution >= 0.6 is 0 Å². The normalized spacial score (nSPS) is 18.7. The van der Waals surface area contributed by atoms with Crippen LogP contribution in [-0.2, 0) is 0 Å². The predicted octanol–water partition coefficient (Wildman–Crippen LogP) is 3.14. The van der Waals surface area contributed by atoms with Crippen LogP contribution in [0.15, 0.2) is 24.3 Å². The standard InChI is InChI=1S/C21H30N6O/c1-16-20(24-25-27(16)18-9-11-22-12-10-18)21(28)23-17-7-6-8-19(15-17)26-13-4-2-3-5-14-26/h6-8,15,18,22H,2-5,9-14H2,1H3,(H,23,28). The summed E-state index contributed by atoms with van der Waals surface area (Å²) in [5.41, 5.74) is 3.24. The van der Waals surface area contributed by atoms with Crippen molar-refractivity contribution in [3.8, 4) is 0 Å². The molecule has 2 aromatic rings. The van der Waals surface area contributed by atoms with E-state index >= 15 is 0 Å². The third-order valence-corrected chi connectivity index (χ3v) is 5.87. The highest BCUT2D eigenvalue weighted by Gasteiger charge is 2.23. The first-order valence-electron chi connectivity index (χ1n) is 10.5. The minimum Gasteiger partial charge on any atom is -0.371 e. The van der Waals surface area contributed by atoms with E-state index in [1.807, 2.05) is 23.7 Å². The molecule has 1 aromatic heterocycles. The van der Waals surface area contributed by atoms with Crippen molar-refractivity contribution in [2.45, 2.75) is 51.5 Å². The first-order chi connectivity index (χ1) is 13.7. The van der Waals surface area contributed by atoms with Gasteiger partial charge < -0.3 is 15.5 Å². The Morgan fingerprint density at radius 1 is 1.14 bits per heavy atom. The van der Waals surface area contributed by atoms with Crippen molar-refractivity contribution in [2.24, 2.45) is 0 Å². The van der Waals surface area contributed by atoms with Gasteiger partial charge in [-0.15, -0.1) is 5.10 Å². The summed E-state index contributed by atoms with van der Waals surface area (Å²) in [6.45, 7) is 6.07. The van der Waals surface area contributed by atoms with E-state index in [0.29, 0.717) is 11.7 Å². The highest BCUT2D eigenvalue weighted by Crippen LogP contribution is 2.24. The molecule has 2 N–H and O–H groups in total. The van der Waals surface area contributed by atoms with Gasteiger partial charge in [0.15, 0.2) is 5.69 Å². The average molecular weight is 383 g/mol. The number of aromatic nitrogens is 3. The number of nitrogens with zero attached hydrogens (tertiary/aromatic N) is 4. The molecule has 2 aliphatic rings. The van der Waals surface area contributed by atoms with Gasteiger partial charge in [-0.1, -0.05) is 24.1 Å². The SMILES string of the molecule is Cc1c(C(=O)Nc2cccc(N3CCCCCC3)c2)nnn1C1CCNCC1. The van der Waals surface area contributed by atoms with E-state index in [-0.39, 0.29) is 5.91 Å². The number of carbonyl (C=O) groups is 1. The van der Waals surface area contributed by atoms with Crippen molar-refractivity contribution in [1.29, 1.82) is 0 Å². The van der Waals surface area contributed by atoms with Crippen molar-refractivity contribution in [1.82, 2.24) is 20.3 Å². The molecular weight excluding hydrogens is 352 g/mol. The Kier molecular flexibility index (Phi) is 5.90. The van der Waals surface area contributed by atoms with Gasteiger partial charge in [0.2, 0.25) is 0 Å². The summed E-state index contributed by atoms with van der Waals surface area (Å²) < 4.78 is 1.92. The molecule has 150 valence electrons. The second kappa shape index (κ2) is 8.73. The van der Waals surface area contributed by atoms with Crippen LogP contribution in [0.4, 0.5) is 11.4 Å². The number of carbonyl (C=O) groups excluding carboxylic acids is 1. The average Bonchev–Trinajstić information content (AvgIpc) is 2.92. The predicted molar refractivity (Wildman–Crippen MR) is 111 cm³/mol. The lowest BCUT2D eigenvalue weighted by Crippen LogP contribution is -2.30. The molecule has 0 bridgehead atoms. The Balaban J connectivity index is 1.46. The van der Waals surface area contributed by atoms with Crippen molar-refractivity contribution in [3.63, 3.8) is 0 Å². The van der Waals surface area contributed by atoms with Gasteiger partial charge in [-0.3, -0.25) is 4.79 Å². The first-order valence-corrected chi connectivity index (χ1v) is 10.5. The van der Waals surface area contributed by atoms with Gasteiger partial charge in [0.25, 0.3) is 5.91 Å². The van der Waals surface area contributed by atoms with Crippen LogP contribution in [-0.4, -0.2) is 47.1 Å². The smallest absolute Gasteiger partial charge is 0.278 e. The summed E-state index contributed by atoms with van der Waals surface area (Å²) in [6, 6.07) is 8.46. The van der Waals surface area contributed by atoms with Crippen LogP contribution in [0.25, 0.3) is 0 Å². The van der Waals surface area contributed by atoms with Crippen molar-refractivity contribution in [2.75, 3.05) is 36.4 Å². The maximum atomic E-state index is 12.8. The van der Waals surface area contributed by atoms with Crippen LogP contribution < -0.4 is 15.5 Å². The van der Waals surface area contributed by atoms with E-state index in [4.69, 9.17) is 0 Å². The molecule has 7 heteroatoms. The zero-order chi connectivity index (χ0) is 19.3. The maximum Gasteiger partial charge on any atom is 0.278 e. The Hall–Kier alpha value is -2.41. The van der Waals surface area contributed by atoms with E-state index in [1.54, 1.807) is 0 Å². The number of hydrogen-bond donors (Lipinski definition) is 2. The van der Waals surface area contributed by atoms with Crippen LogP contribution in [0.3, 0.4) is 0 Å². The second-order valence-electron chi connectivity index (χ2n) is 7.85. The van der Waals surface area contributed by atoms with Gasteiger partial charge in [-0.2, -0.15) is 0 Å². The molecule has 1 aromatic carbocycles. The zero-order valence-corrected chi connectivity index (χ0v) is 16.7. The van der Waals surface area contributed by atoms with E-state index in [1.165, 1.54) is 31.4 Å². The van der Waals surface area contributed by atoms with E-state index in [9.17, 15) is 4.79 Å². The maximum absolute atomic E-state index is 12.8. The molecule has 1 amide bonds. The van der Waals surface area contributed by atoms with E-state index < -0.39 is 0 Å². The number of piperidine rings is 1. The lowest BCUT2D eigenvalue weighted by molar-refractivity contribution is 0.102. The molecule has 2 fully saturated rings. The van der Waals surface area contributed by atoms with Gasteiger partial charge in [-0.05, 0) is 63.9 Å². The second-order valence-corrected chi connectivity index (χ2v) is 7.85. The lowest BCUT2D eigenvalue weighted by Gasteiger charge is -2.23. The molecule has 28 heavy (non-hydrogen) atoms. The molecule has 0 radical (unpaired) electrons. The molecular formula is C21H30N6O. The fourth-order valence-electron chi connectivity index (χ4n) is 4.25. The molecule has 7 nitrogen and oxygen atoms in total. The molecule has 0 unspecified atom stereocenters. The summed E-state index contributed by atoms with van der Waals surface area (Å²) >= 11 is 0. The molecule has 0 spiro atoms. The Morgan fingerprint density at radius 3 is 2.64 bits per heavy atom. The third-order valence-electron chi connectivity index (χ3n) is 5.87. The summed E-state index contributed by atoms with van der Waals surface area (Å²) in [7, 11) is 0. The van der Waals surface area contributed by atoms with Crippen LogP contribution in [0.1, 0.15) is 60.7 Å².